The molecule has 6 nitrogen and oxygen atoms in total. The van der Waals surface area contributed by atoms with Crippen LogP contribution < -0.4 is 5.32 Å². The first-order valence-corrected chi connectivity index (χ1v) is 7.76. The first-order valence-electron chi connectivity index (χ1n) is 7.76. The highest BCUT2D eigenvalue weighted by molar-refractivity contribution is 5.68. The van der Waals surface area contributed by atoms with E-state index >= 15 is 0 Å². The number of ether oxygens (including phenoxy) is 1. The van der Waals surface area contributed by atoms with E-state index in [9.17, 15) is 4.79 Å². The zero-order valence-corrected chi connectivity index (χ0v) is 13.5. The summed E-state index contributed by atoms with van der Waals surface area (Å²) in [5.74, 6) is 1.18. The van der Waals surface area contributed by atoms with Crippen LogP contribution in [0.5, 0.6) is 0 Å². The van der Waals surface area contributed by atoms with Gasteiger partial charge in [0.25, 0.3) is 0 Å². The third-order valence-corrected chi connectivity index (χ3v) is 3.86. The Labute approximate surface area is 131 Å². The molecule has 0 bridgehead atoms. The SMILES string of the molecule is CC(C)(C)OC(=O)N1CCN(C2=CC=CC3NC=CN23)CC1. The Morgan fingerprint density at radius 1 is 1.27 bits per heavy atom. The molecule has 3 rings (SSSR count). The molecule has 120 valence electrons. The van der Waals surface area contributed by atoms with Crippen molar-refractivity contribution < 1.29 is 9.53 Å². The van der Waals surface area contributed by atoms with Gasteiger partial charge in [0, 0.05) is 38.6 Å². The Morgan fingerprint density at radius 2 is 2.00 bits per heavy atom. The average Bonchev–Trinajstić information content (AvgIpc) is 2.94. The number of nitrogens with zero attached hydrogens (tertiary/aromatic N) is 3. The predicted molar refractivity (Wildman–Crippen MR) is 84.5 cm³/mol. The van der Waals surface area contributed by atoms with Gasteiger partial charge < -0.3 is 24.8 Å². The van der Waals surface area contributed by atoms with Gasteiger partial charge in [-0.25, -0.2) is 4.79 Å². The van der Waals surface area contributed by atoms with E-state index in [-0.39, 0.29) is 12.3 Å². The minimum absolute atomic E-state index is 0.212. The van der Waals surface area contributed by atoms with Crippen molar-refractivity contribution >= 4 is 6.09 Å². The zero-order chi connectivity index (χ0) is 15.7. The van der Waals surface area contributed by atoms with Crippen LogP contribution in [0.25, 0.3) is 0 Å². The Kier molecular flexibility index (Phi) is 3.76. The largest absolute Gasteiger partial charge is 0.444 e. The molecule has 1 N–H and O–H groups in total. The number of piperazine rings is 1. The average molecular weight is 304 g/mol. The topological polar surface area (TPSA) is 48.1 Å². The number of carbonyl (C=O) groups is 1. The molecule has 1 amide bonds. The number of nitrogens with one attached hydrogen (secondary N) is 1. The lowest BCUT2D eigenvalue weighted by atomic mass is 10.2. The summed E-state index contributed by atoms with van der Waals surface area (Å²) in [4.78, 5) is 18.4. The number of fused-ring (bicyclic) bond motifs is 1. The van der Waals surface area contributed by atoms with Gasteiger partial charge in [0.1, 0.15) is 17.6 Å². The summed E-state index contributed by atoms with van der Waals surface area (Å²) in [5, 5.41) is 3.29. The lowest BCUT2D eigenvalue weighted by Gasteiger charge is -2.41. The predicted octanol–water partition coefficient (Wildman–Crippen LogP) is 1.65. The van der Waals surface area contributed by atoms with Gasteiger partial charge in [-0.2, -0.15) is 0 Å². The van der Waals surface area contributed by atoms with Crippen molar-refractivity contribution in [3.63, 3.8) is 0 Å². The fourth-order valence-electron chi connectivity index (χ4n) is 2.81. The van der Waals surface area contributed by atoms with E-state index in [4.69, 9.17) is 4.74 Å². The van der Waals surface area contributed by atoms with Gasteiger partial charge in [0.2, 0.25) is 0 Å². The summed E-state index contributed by atoms with van der Waals surface area (Å²) in [6.45, 7) is 8.69. The summed E-state index contributed by atoms with van der Waals surface area (Å²) < 4.78 is 5.44. The molecule has 0 saturated carbocycles. The molecule has 1 fully saturated rings. The Bertz CT molecular complexity index is 525. The third kappa shape index (κ3) is 3.05. The van der Waals surface area contributed by atoms with Crippen molar-refractivity contribution in [3.05, 3.63) is 36.4 Å². The molecule has 0 radical (unpaired) electrons. The van der Waals surface area contributed by atoms with Crippen LogP contribution in [-0.4, -0.2) is 58.7 Å². The van der Waals surface area contributed by atoms with E-state index in [2.05, 4.69) is 39.5 Å². The first kappa shape index (κ1) is 14.8. The highest BCUT2D eigenvalue weighted by atomic mass is 16.6. The molecule has 1 atom stereocenters. The molecular formula is C16H24N4O2. The molecule has 22 heavy (non-hydrogen) atoms. The summed E-state index contributed by atoms with van der Waals surface area (Å²) in [6.07, 6.45) is 10.3. The van der Waals surface area contributed by atoms with E-state index < -0.39 is 5.60 Å². The second kappa shape index (κ2) is 5.59. The van der Waals surface area contributed by atoms with Crippen LogP contribution in [0.2, 0.25) is 0 Å². The second-order valence-electron chi connectivity index (χ2n) is 6.70. The maximum absolute atomic E-state index is 12.1. The monoisotopic (exact) mass is 304 g/mol. The van der Waals surface area contributed by atoms with E-state index in [0.717, 1.165) is 13.1 Å². The smallest absolute Gasteiger partial charge is 0.410 e. The van der Waals surface area contributed by atoms with Crippen LogP contribution >= 0.6 is 0 Å². The van der Waals surface area contributed by atoms with Crippen molar-refractivity contribution in [1.82, 2.24) is 20.0 Å². The minimum Gasteiger partial charge on any atom is -0.444 e. The molecule has 0 aromatic heterocycles. The molecule has 0 aromatic carbocycles. The quantitative estimate of drug-likeness (QED) is 0.798. The van der Waals surface area contributed by atoms with Crippen LogP contribution in [0, 0.1) is 0 Å². The molecular weight excluding hydrogens is 280 g/mol. The first-order chi connectivity index (χ1) is 10.4. The van der Waals surface area contributed by atoms with Crippen LogP contribution in [0.4, 0.5) is 4.79 Å². The number of amides is 1. The molecule has 6 heteroatoms. The fourth-order valence-corrected chi connectivity index (χ4v) is 2.81. The van der Waals surface area contributed by atoms with Crippen molar-refractivity contribution in [2.24, 2.45) is 0 Å². The molecule has 3 heterocycles. The number of rotatable bonds is 1. The van der Waals surface area contributed by atoms with Crippen LogP contribution in [0.1, 0.15) is 20.8 Å². The normalized spacial score (nSPS) is 24.0. The molecule has 0 spiro atoms. The van der Waals surface area contributed by atoms with Crippen molar-refractivity contribution in [3.8, 4) is 0 Å². The van der Waals surface area contributed by atoms with Crippen LogP contribution in [0.15, 0.2) is 36.4 Å². The molecule has 1 unspecified atom stereocenters. The van der Waals surface area contributed by atoms with Gasteiger partial charge in [-0.1, -0.05) is 6.08 Å². The Balaban J connectivity index is 1.58. The van der Waals surface area contributed by atoms with E-state index in [0.29, 0.717) is 13.1 Å². The minimum atomic E-state index is -0.440. The number of carbonyl (C=O) groups excluding carboxylic acids is 1. The van der Waals surface area contributed by atoms with E-state index in [1.54, 1.807) is 4.90 Å². The summed E-state index contributed by atoms with van der Waals surface area (Å²) in [7, 11) is 0. The lowest BCUT2D eigenvalue weighted by Crippen LogP contribution is -2.52. The van der Waals surface area contributed by atoms with Crippen molar-refractivity contribution in [1.29, 1.82) is 0 Å². The molecule has 3 aliphatic heterocycles. The maximum Gasteiger partial charge on any atom is 0.410 e. The standard InChI is InChI=1S/C16H24N4O2/c1-16(2,3)22-15(21)19-11-9-18(10-12-19)14-6-4-5-13-17-7-8-20(13)14/h4-8,13,17H,9-12H2,1-3H3. The fraction of sp³-hybridized carbons (Fsp3) is 0.562. The van der Waals surface area contributed by atoms with Gasteiger partial charge in [-0.05, 0) is 32.9 Å². The third-order valence-electron chi connectivity index (χ3n) is 3.86. The number of hydrogen-bond acceptors (Lipinski definition) is 5. The molecule has 1 saturated heterocycles. The van der Waals surface area contributed by atoms with Gasteiger partial charge in [0.15, 0.2) is 0 Å². The highest BCUT2D eigenvalue weighted by Gasteiger charge is 2.30. The number of hydrogen-bond donors (Lipinski definition) is 1. The van der Waals surface area contributed by atoms with Crippen LogP contribution in [0.3, 0.4) is 0 Å². The van der Waals surface area contributed by atoms with Gasteiger partial charge >= 0.3 is 6.09 Å². The number of allylic oxidation sites excluding steroid dienone is 2. The zero-order valence-electron chi connectivity index (χ0n) is 13.5. The van der Waals surface area contributed by atoms with Crippen molar-refractivity contribution in [2.75, 3.05) is 26.2 Å². The van der Waals surface area contributed by atoms with Crippen molar-refractivity contribution in [2.45, 2.75) is 32.5 Å². The molecule has 3 aliphatic rings. The lowest BCUT2D eigenvalue weighted by molar-refractivity contribution is 0.0150. The van der Waals surface area contributed by atoms with Gasteiger partial charge in [-0.15, -0.1) is 0 Å². The maximum atomic E-state index is 12.1. The second-order valence-corrected chi connectivity index (χ2v) is 6.70. The van der Waals surface area contributed by atoms with Crippen LogP contribution in [-0.2, 0) is 4.74 Å². The Hall–Kier alpha value is -2.11. The summed E-state index contributed by atoms with van der Waals surface area (Å²) >= 11 is 0. The van der Waals surface area contributed by atoms with Gasteiger partial charge in [0.05, 0.1) is 0 Å². The highest BCUT2D eigenvalue weighted by Crippen LogP contribution is 2.23. The molecule has 0 aromatic rings. The van der Waals surface area contributed by atoms with E-state index in [1.807, 2.05) is 27.0 Å². The Morgan fingerprint density at radius 3 is 2.68 bits per heavy atom. The molecule has 0 aliphatic carbocycles. The van der Waals surface area contributed by atoms with E-state index in [1.165, 1.54) is 5.82 Å². The van der Waals surface area contributed by atoms with Gasteiger partial charge in [-0.3, -0.25) is 0 Å². The summed E-state index contributed by atoms with van der Waals surface area (Å²) in [6, 6.07) is 0. The summed E-state index contributed by atoms with van der Waals surface area (Å²) in [5.41, 5.74) is -0.440.